The topological polar surface area (TPSA) is 101 Å². The Labute approximate surface area is 139 Å². The predicted molar refractivity (Wildman–Crippen MR) is 89.0 cm³/mol. The van der Waals surface area contributed by atoms with Gasteiger partial charge in [0.25, 0.3) is 0 Å². The van der Waals surface area contributed by atoms with E-state index in [2.05, 4.69) is 20.7 Å². The average Bonchev–Trinajstić information content (AvgIpc) is 3.00. The number of urea groups is 1. The van der Waals surface area contributed by atoms with Crippen molar-refractivity contribution in [1.29, 1.82) is 0 Å². The fourth-order valence-electron chi connectivity index (χ4n) is 2.91. The van der Waals surface area contributed by atoms with Gasteiger partial charge in [-0.2, -0.15) is 5.10 Å². The molecule has 3 N–H and O–H groups in total. The normalized spacial score (nSPS) is 16.5. The molecule has 2 amide bonds. The maximum atomic E-state index is 12.2. The summed E-state index contributed by atoms with van der Waals surface area (Å²) in [6.07, 6.45) is 5.95. The second-order valence-electron chi connectivity index (χ2n) is 5.78. The number of pyridine rings is 1. The van der Waals surface area contributed by atoms with Gasteiger partial charge in [0.05, 0.1) is 31.1 Å². The van der Waals surface area contributed by atoms with E-state index in [0.29, 0.717) is 18.8 Å². The lowest BCUT2D eigenvalue weighted by molar-refractivity contribution is 0.183. The Morgan fingerprint density at radius 3 is 3.21 bits per heavy atom. The summed E-state index contributed by atoms with van der Waals surface area (Å²) >= 11 is 0. The Morgan fingerprint density at radius 1 is 1.50 bits per heavy atom. The summed E-state index contributed by atoms with van der Waals surface area (Å²) in [6, 6.07) is 2.90. The summed E-state index contributed by atoms with van der Waals surface area (Å²) in [5.41, 5.74) is 2.40. The van der Waals surface area contributed by atoms with Crippen molar-refractivity contribution >= 4 is 11.7 Å². The molecule has 0 aliphatic heterocycles. The number of nitrogens with zero attached hydrogens (tertiary/aromatic N) is 2. The van der Waals surface area contributed by atoms with Crippen LogP contribution in [0.15, 0.2) is 29.3 Å². The summed E-state index contributed by atoms with van der Waals surface area (Å²) < 4.78 is 6.70. The number of rotatable bonds is 5. The Morgan fingerprint density at radius 2 is 2.38 bits per heavy atom. The van der Waals surface area contributed by atoms with Gasteiger partial charge in [0, 0.05) is 25.1 Å². The van der Waals surface area contributed by atoms with Crippen molar-refractivity contribution < 1.29 is 9.53 Å². The molecule has 0 spiro atoms. The molecule has 3 rings (SSSR count). The number of ether oxygens (including phenoxy) is 1. The number of fused-ring (bicyclic) bond motifs is 1. The number of anilines is 1. The number of carbonyl (C=O) groups excluding carboxylic acids is 1. The highest BCUT2D eigenvalue weighted by molar-refractivity contribution is 5.89. The summed E-state index contributed by atoms with van der Waals surface area (Å²) in [5.74, 6) is 0. The third kappa shape index (κ3) is 3.83. The van der Waals surface area contributed by atoms with Gasteiger partial charge in [-0.3, -0.25) is 9.48 Å². The van der Waals surface area contributed by atoms with Crippen LogP contribution in [0.1, 0.15) is 30.1 Å². The lowest BCUT2D eigenvalue weighted by atomic mass is 9.91. The van der Waals surface area contributed by atoms with Crippen LogP contribution in [0, 0.1) is 0 Å². The van der Waals surface area contributed by atoms with Gasteiger partial charge < -0.3 is 20.4 Å². The number of nitrogens with one attached hydrogen (secondary N) is 3. The zero-order valence-electron chi connectivity index (χ0n) is 13.5. The third-order valence-corrected chi connectivity index (χ3v) is 4.05. The molecule has 8 nitrogen and oxygen atoms in total. The molecule has 2 heterocycles. The van der Waals surface area contributed by atoms with Gasteiger partial charge in [-0.1, -0.05) is 0 Å². The van der Waals surface area contributed by atoms with E-state index in [1.54, 1.807) is 30.3 Å². The van der Waals surface area contributed by atoms with E-state index in [1.807, 2.05) is 0 Å². The highest BCUT2D eigenvalue weighted by atomic mass is 16.5. The Balaban J connectivity index is 1.61. The van der Waals surface area contributed by atoms with E-state index in [4.69, 9.17) is 4.74 Å². The van der Waals surface area contributed by atoms with Crippen LogP contribution in [-0.2, 0) is 17.7 Å². The van der Waals surface area contributed by atoms with Crippen LogP contribution in [-0.4, -0.2) is 34.5 Å². The zero-order chi connectivity index (χ0) is 16.9. The molecule has 2 aromatic rings. The van der Waals surface area contributed by atoms with Crippen LogP contribution in [0.5, 0.6) is 0 Å². The third-order valence-electron chi connectivity index (χ3n) is 4.05. The maximum absolute atomic E-state index is 12.2. The molecule has 8 heteroatoms. The minimum absolute atomic E-state index is 0.103. The molecule has 0 unspecified atom stereocenters. The van der Waals surface area contributed by atoms with Gasteiger partial charge in [0.2, 0.25) is 5.56 Å². The molecule has 128 valence electrons. The van der Waals surface area contributed by atoms with E-state index in [-0.39, 0.29) is 17.6 Å². The first kappa shape index (κ1) is 16.3. The minimum Gasteiger partial charge on any atom is -0.383 e. The molecular formula is C16H21N5O3. The van der Waals surface area contributed by atoms with E-state index in [9.17, 15) is 9.59 Å². The van der Waals surface area contributed by atoms with Crippen molar-refractivity contribution in [2.24, 2.45) is 0 Å². The lowest BCUT2D eigenvalue weighted by Gasteiger charge is -2.25. The van der Waals surface area contributed by atoms with E-state index in [1.165, 1.54) is 6.07 Å². The van der Waals surface area contributed by atoms with Gasteiger partial charge in [-0.25, -0.2) is 4.79 Å². The smallest absolute Gasteiger partial charge is 0.319 e. The Bertz CT molecular complexity index is 767. The first-order chi connectivity index (χ1) is 11.7. The van der Waals surface area contributed by atoms with Gasteiger partial charge in [0.1, 0.15) is 0 Å². The number of amides is 2. The quantitative estimate of drug-likeness (QED) is 0.771. The number of aromatic nitrogens is 3. The van der Waals surface area contributed by atoms with Crippen molar-refractivity contribution in [3.63, 3.8) is 0 Å². The molecule has 0 aromatic carbocycles. The molecule has 1 aliphatic rings. The number of aryl methyl sites for hydroxylation is 1. The highest BCUT2D eigenvalue weighted by Crippen LogP contribution is 2.27. The van der Waals surface area contributed by atoms with Gasteiger partial charge in [-0.15, -0.1) is 0 Å². The van der Waals surface area contributed by atoms with Crippen molar-refractivity contribution in [1.82, 2.24) is 20.1 Å². The van der Waals surface area contributed by atoms with E-state index in [0.717, 1.165) is 30.5 Å². The second kappa shape index (κ2) is 7.31. The van der Waals surface area contributed by atoms with Crippen LogP contribution in [0.25, 0.3) is 0 Å². The molecule has 1 aliphatic carbocycles. The summed E-state index contributed by atoms with van der Waals surface area (Å²) in [5, 5.41) is 9.90. The summed E-state index contributed by atoms with van der Waals surface area (Å²) in [7, 11) is 1.63. The highest BCUT2D eigenvalue weighted by Gasteiger charge is 2.22. The Hall–Kier alpha value is -2.61. The molecule has 0 bridgehead atoms. The summed E-state index contributed by atoms with van der Waals surface area (Å²) in [4.78, 5) is 26.5. The second-order valence-corrected chi connectivity index (χ2v) is 5.78. The molecule has 0 fully saturated rings. The molecule has 2 aromatic heterocycles. The van der Waals surface area contributed by atoms with E-state index >= 15 is 0 Å². The van der Waals surface area contributed by atoms with Crippen molar-refractivity contribution in [2.45, 2.75) is 31.8 Å². The standard InChI is InChI=1S/C16H21N5O3/c1-24-8-7-21-10-11(9-17-21)18-16(23)20-14-4-2-3-13-12(14)5-6-15(22)19-13/h5-6,9-10,14H,2-4,7-8H2,1H3,(H,19,22)(H2,18,20,23)/t14-/m1/s1. The predicted octanol–water partition coefficient (Wildman–Crippen LogP) is 1.42. The zero-order valence-corrected chi connectivity index (χ0v) is 13.5. The number of hydrogen-bond acceptors (Lipinski definition) is 4. The monoisotopic (exact) mass is 331 g/mol. The van der Waals surface area contributed by atoms with Crippen LogP contribution in [0.4, 0.5) is 10.5 Å². The Kier molecular flexibility index (Phi) is 4.95. The number of H-pyrrole nitrogens is 1. The largest absolute Gasteiger partial charge is 0.383 e. The van der Waals surface area contributed by atoms with Crippen LogP contribution in [0.2, 0.25) is 0 Å². The van der Waals surface area contributed by atoms with Crippen LogP contribution < -0.4 is 16.2 Å². The lowest BCUT2D eigenvalue weighted by Crippen LogP contribution is -2.35. The van der Waals surface area contributed by atoms with Crippen molar-refractivity contribution in [3.8, 4) is 0 Å². The first-order valence-electron chi connectivity index (χ1n) is 7.96. The van der Waals surface area contributed by atoms with Gasteiger partial charge >= 0.3 is 6.03 Å². The number of hydrogen-bond donors (Lipinski definition) is 3. The molecule has 0 saturated heterocycles. The van der Waals surface area contributed by atoms with Gasteiger partial charge in [-0.05, 0) is 30.9 Å². The molecule has 0 radical (unpaired) electrons. The fourth-order valence-corrected chi connectivity index (χ4v) is 2.91. The molecule has 24 heavy (non-hydrogen) atoms. The molecular weight excluding hydrogens is 310 g/mol. The molecule has 1 atom stereocenters. The first-order valence-corrected chi connectivity index (χ1v) is 7.96. The van der Waals surface area contributed by atoms with Crippen molar-refractivity contribution in [2.75, 3.05) is 19.0 Å². The minimum atomic E-state index is -0.287. The fraction of sp³-hybridized carbons (Fsp3) is 0.438. The van der Waals surface area contributed by atoms with Crippen LogP contribution in [0.3, 0.4) is 0 Å². The molecule has 0 saturated carbocycles. The summed E-state index contributed by atoms with van der Waals surface area (Å²) in [6.45, 7) is 1.19. The SMILES string of the molecule is COCCn1cc(NC(=O)N[C@@H]2CCCc3[nH]c(=O)ccc32)cn1. The van der Waals surface area contributed by atoms with Crippen LogP contribution >= 0.6 is 0 Å². The number of aromatic amines is 1. The van der Waals surface area contributed by atoms with Gasteiger partial charge in [0.15, 0.2) is 0 Å². The average molecular weight is 331 g/mol. The number of methoxy groups -OCH3 is 1. The number of carbonyl (C=O) groups is 1. The van der Waals surface area contributed by atoms with Crippen molar-refractivity contribution in [3.05, 3.63) is 46.1 Å². The maximum Gasteiger partial charge on any atom is 0.319 e. The van der Waals surface area contributed by atoms with E-state index < -0.39 is 0 Å².